The molecule has 0 aliphatic heterocycles. The first-order valence-corrected chi connectivity index (χ1v) is 8.15. The Bertz CT molecular complexity index is 752. The number of aromatic nitrogens is 1. The molecule has 8 heteroatoms. The van der Waals surface area contributed by atoms with Crippen LogP contribution in [0.25, 0.3) is 0 Å². The number of pyridine rings is 1. The third-order valence-corrected chi connectivity index (χ3v) is 3.70. The quantitative estimate of drug-likeness (QED) is 0.560. The fourth-order valence-corrected chi connectivity index (χ4v) is 2.25. The molecular formula is C18H19ClN2O5. The third-order valence-electron chi connectivity index (χ3n) is 3.45. The van der Waals surface area contributed by atoms with Crippen LogP contribution in [0, 0.1) is 0 Å². The van der Waals surface area contributed by atoms with Crippen LogP contribution in [0.1, 0.15) is 22.0 Å². The third kappa shape index (κ3) is 5.44. The van der Waals surface area contributed by atoms with E-state index in [2.05, 4.69) is 10.3 Å². The molecule has 0 saturated heterocycles. The van der Waals surface area contributed by atoms with E-state index >= 15 is 0 Å². The van der Waals surface area contributed by atoms with Gasteiger partial charge in [-0.1, -0.05) is 23.7 Å². The molecule has 0 bridgehead atoms. The minimum Gasteiger partial charge on any atom is -0.475 e. The average Bonchev–Trinajstić information content (AvgIpc) is 2.66. The van der Waals surface area contributed by atoms with Gasteiger partial charge in [-0.2, -0.15) is 0 Å². The topological polar surface area (TPSA) is 86.8 Å². The molecule has 0 fully saturated rings. The number of amides is 1. The zero-order chi connectivity index (χ0) is 18.9. The number of hydrogen-bond acceptors (Lipinski definition) is 6. The Hall–Kier alpha value is -2.64. The molecule has 1 aromatic heterocycles. The number of nitrogens with zero attached hydrogens (tertiary/aromatic N) is 1. The zero-order valence-electron chi connectivity index (χ0n) is 14.4. The Morgan fingerprint density at radius 1 is 1.15 bits per heavy atom. The lowest BCUT2D eigenvalue weighted by Gasteiger charge is -2.17. The Morgan fingerprint density at radius 2 is 1.88 bits per heavy atom. The largest absolute Gasteiger partial charge is 0.475 e. The summed E-state index contributed by atoms with van der Waals surface area (Å²) in [5.74, 6) is -0.767. The van der Waals surface area contributed by atoms with Crippen LogP contribution in [0.4, 0.5) is 0 Å². The monoisotopic (exact) mass is 378 g/mol. The van der Waals surface area contributed by atoms with E-state index in [1.165, 1.54) is 25.4 Å². The maximum Gasteiger partial charge on any atom is 0.333 e. The van der Waals surface area contributed by atoms with Crippen LogP contribution in [-0.4, -0.2) is 44.3 Å². The molecule has 26 heavy (non-hydrogen) atoms. The first kappa shape index (κ1) is 19.7. The summed E-state index contributed by atoms with van der Waals surface area (Å²) < 4.78 is 15.1. The van der Waals surface area contributed by atoms with Crippen molar-refractivity contribution in [2.24, 2.45) is 0 Å². The highest BCUT2D eigenvalue weighted by Gasteiger charge is 2.24. The van der Waals surface area contributed by atoms with Crippen LogP contribution in [0.15, 0.2) is 42.6 Å². The van der Waals surface area contributed by atoms with E-state index in [4.69, 9.17) is 25.8 Å². The highest BCUT2D eigenvalue weighted by atomic mass is 35.5. The van der Waals surface area contributed by atoms with Crippen molar-refractivity contribution in [2.45, 2.75) is 6.04 Å². The van der Waals surface area contributed by atoms with Crippen molar-refractivity contribution >= 4 is 23.5 Å². The molecule has 0 saturated carbocycles. The average molecular weight is 379 g/mol. The van der Waals surface area contributed by atoms with Crippen LogP contribution in [0.3, 0.4) is 0 Å². The van der Waals surface area contributed by atoms with Crippen molar-refractivity contribution in [3.05, 3.63) is 58.7 Å². The van der Waals surface area contributed by atoms with Crippen LogP contribution >= 0.6 is 11.6 Å². The molecule has 1 unspecified atom stereocenters. The number of carbonyl (C=O) groups is 2. The second-order valence-electron chi connectivity index (χ2n) is 5.21. The van der Waals surface area contributed by atoms with Gasteiger partial charge in [-0.15, -0.1) is 0 Å². The van der Waals surface area contributed by atoms with Gasteiger partial charge < -0.3 is 19.5 Å². The van der Waals surface area contributed by atoms with Gasteiger partial charge >= 0.3 is 5.97 Å². The predicted molar refractivity (Wildman–Crippen MR) is 95.3 cm³/mol. The number of hydrogen-bond donors (Lipinski definition) is 1. The van der Waals surface area contributed by atoms with Gasteiger partial charge in [0, 0.05) is 30.0 Å². The maximum absolute atomic E-state index is 12.5. The minimum atomic E-state index is -0.962. The molecule has 1 N–H and O–H groups in total. The molecule has 0 aliphatic rings. The van der Waals surface area contributed by atoms with Gasteiger partial charge in [0.15, 0.2) is 6.04 Å². The van der Waals surface area contributed by atoms with E-state index in [0.29, 0.717) is 29.4 Å². The summed E-state index contributed by atoms with van der Waals surface area (Å²) in [5.41, 5.74) is 0.857. The van der Waals surface area contributed by atoms with Crippen molar-refractivity contribution in [1.29, 1.82) is 0 Å². The highest BCUT2D eigenvalue weighted by Crippen LogP contribution is 2.19. The second kappa shape index (κ2) is 9.74. The summed E-state index contributed by atoms with van der Waals surface area (Å²) in [5, 5.41) is 3.17. The van der Waals surface area contributed by atoms with E-state index in [1.807, 2.05) is 0 Å². The van der Waals surface area contributed by atoms with Gasteiger partial charge in [-0.3, -0.25) is 4.79 Å². The summed E-state index contributed by atoms with van der Waals surface area (Å²) in [6.07, 6.45) is 1.45. The number of carbonyl (C=O) groups excluding carboxylic acids is 2. The molecule has 138 valence electrons. The lowest BCUT2D eigenvalue weighted by molar-refractivity contribution is -0.143. The maximum atomic E-state index is 12.5. The van der Waals surface area contributed by atoms with Crippen molar-refractivity contribution < 1.29 is 23.8 Å². The van der Waals surface area contributed by atoms with Crippen LogP contribution < -0.4 is 10.1 Å². The smallest absolute Gasteiger partial charge is 0.333 e. The molecule has 0 spiro atoms. The SMILES string of the molecule is COCCOc1cc(C(=O)NC(C(=O)OC)c2ccc(Cl)cc2)ccn1. The van der Waals surface area contributed by atoms with E-state index in [-0.39, 0.29) is 5.88 Å². The van der Waals surface area contributed by atoms with E-state index in [0.717, 1.165) is 0 Å². The predicted octanol–water partition coefficient (Wildman–Crippen LogP) is 2.40. The van der Waals surface area contributed by atoms with E-state index < -0.39 is 17.9 Å². The molecule has 7 nitrogen and oxygen atoms in total. The fraction of sp³-hybridized carbons (Fsp3) is 0.278. The summed E-state index contributed by atoms with van der Waals surface area (Å²) in [6, 6.07) is 8.61. The van der Waals surface area contributed by atoms with E-state index in [1.54, 1.807) is 31.4 Å². The number of nitrogens with one attached hydrogen (secondary N) is 1. The van der Waals surface area contributed by atoms with Gasteiger partial charge in [-0.05, 0) is 23.8 Å². The summed E-state index contributed by atoms with van der Waals surface area (Å²) in [7, 11) is 2.82. The molecule has 0 aliphatic carbocycles. The lowest BCUT2D eigenvalue weighted by atomic mass is 10.1. The number of benzene rings is 1. The second-order valence-corrected chi connectivity index (χ2v) is 5.64. The lowest BCUT2D eigenvalue weighted by Crippen LogP contribution is -2.34. The van der Waals surface area contributed by atoms with Gasteiger partial charge in [0.1, 0.15) is 6.61 Å². The van der Waals surface area contributed by atoms with Crippen LogP contribution in [0.5, 0.6) is 5.88 Å². The number of ether oxygens (including phenoxy) is 3. The number of methoxy groups -OCH3 is 2. The molecule has 2 rings (SSSR count). The van der Waals surface area contributed by atoms with Crippen molar-refractivity contribution in [2.75, 3.05) is 27.4 Å². The highest BCUT2D eigenvalue weighted by molar-refractivity contribution is 6.30. The number of rotatable bonds is 8. The van der Waals surface area contributed by atoms with Gasteiger partial charge in [0.2, 0.25) is 5.88 Å². The van der Waals surface area contributed by atoms with Crippen LogP contribution in [-0.2, 0) is 14.3 Å². The summed E-state index contributed by atoms with van der Waals surface area (Å²) >= 11 is 5.87. The summed E-state index contributed by atoms with van der Waals surface area (Å²) in [6.45, 7) is 0.712. The molecule has 1 aromatic carbocycles. The normalized spacial score (nSPS) is 11.5. The van der Waals surface area contributed by atoms with Crippen molar-refractivity contribution in [1.82, 2.24) is 10.3 Å². The van der Waals surface area contributed by atoms with Gasteiger partial charge in [0.25, 0.3) is 5.91 Å². The molecule has 1 atom stereocenters. The zero-order valence-corrected chi connectivity index (χ0v) is 15.2. The Balaban J connectivity index is 2.15. The van der Waals surface area contributed by atoms with Gasteiger partial charge in [0.05, 0.1) is 13.7 Å². The van der Waals surface area contributed by atoms with Gasteiger partial charge in [-0.25, -0.2) is 9.78 Å². The first-order chi connectivity index (χ1) is 12.5. The molecule has 1 amide bonds. The molecule has 1 heterocycles. The van der Waals surface area contributed by atoms with Crippen LogP contribution in [0.2, 0.25) is 5.02 Å². The Kier molecular flexibility index (Phi) is 7.37. The van der Waals surface area contributed by atoms with Crippen molar-refractivity contribution in [3.8, 4) is 5.88 Å². The molecular weight excluding hydrogens is 360 g/mol. The molecule has 2 aromatic rings. The van der Waals surface area contributed by atoms with E-state index in [9.17, 15) is 9.59 Å². The Labute approximate surface area is 156 Å². The number of halogens is 1. The first-order valence-electron chi connectivity index (χ1n) is 7.77. The fourth-order valence-electron chi connectivity index (χ4n) is 2.13. The standard InChI is InChI=1S/C18H19ClN2O5/c1-24-9-10-26-15-11-13(7-8-20-15)17(22)21-16(18(23)25-2)12-3-5-14(19)6-4-12/h3-8,11,16H,9-10H2,1-2H3,(H,21,22). The van der Waals surface area contributed by atoms with Crippen molar-refractivity contribution in [3.63, 3.8) is 0 Å². The molecule has 0 radical (unpaired) electrons. The summed E-state index contributed by atoms with van der Waals surface area (Å²) in [4.78, 5) is 28.7. The number of esters is 1. The minimum absolute atomic E-state index is 0.288. The Morgan fingerprint density at radius 3 is 2.54 bits per heavy atom.